The molecule has 9 nitrogen and oxygen atoms in total. The Morgan fingerprint density at radius 1 is 0.702 bits per heavy atom. The number of carboxylic acid groups (broad SMARTS) is 1. The van der Waals surface area contributed by atoms with E-state index in [1.807, 2.05) is 24.3 Å². The summed E-state index contributed by atoms with van der Waals surface area (Å²) in [4.78, 5) is 38.8. The molecule has 0 radical (unpaired) electrons. The van der Waals surface area contributed by atoms with Gasteiger partial charge in [-0.15, -0.1) is 0 Å². The second-order valence-electron chi connectivity index (χ2n) is 11.2. The van der Waals surface area contributed by atoms with E-state index in [9.17, 15) is 19.5 Å². The maximum Gasteiger partial charge on any atom is 0.343 e. The van der Waals surface area contributed by atoms with Crippen LogP contribution in [0.25, 0.3) is 0 Å². The number of esters is 1. The Labute approximate surface area is 276 Å². The van der Waals surface area contributed by atoms with Crippen molar-refractivity contribution in [2.75, 3.05) is 25.6 Å². The zero-order valence-corrected chi connectivity index (χ0v) is 26.9. The highest BCUT2D eigenvalue weighted by molar-refractivity contribution is 5.96. The summed E-state index contributed by atoms with van der Waals surface area (Å²) in [5.74, 6) is -0.209. The zero-order chi connectivity index (χ0) is 33.4. The van der Waals surface area contributed by atoms with Gasteiger partial charge >= 0.3 is 11.9 Å². The summed E-state index contributed by atoms with van der Waals surface area (Å²) < 4.78 is 16.5. The van der Waals surface area contributed by atoms with E-state index in [1.54, 1.807) is 79.9 Å². The number of rotatable bonds is 18. The molecule has 4 aromatic rings. The van der Waals surface area contributed by atoms with Crippen LogP contribution in [0.4, 0.5) is 5.69 Å². The lowest BCUT2D eigenvalue weighted by molar-refractivity contribution is -0.137. The van der Waals surface area contributed by atoms with Crippen LogP contribution in [0.5, 0.6) is 17.2 Å². The molecule has 2 N–H and O–H groups in total. The minimum atomic E-state index is -1.12. The van der Waals surface area contributed by atoms with Crippen LogP contribution >= 0.6 is 0 Å². The monoisotopic (exact) mass is 638 g/mol. The number of nitrogens with zero attached hydrogens (tertiary/aromatic N) is 1. The maximum absolute atomic E-state index is 13.3. The Morgan fingerprint density at radius 3 is 1.94 bits per heavy atom. The number of nitrogens with one attached hydrogen (secondary N) is 1. The molecule has 1 amide bonds. The molecule has 0 heterocycles. The van der Waals surface area contributed by atoms with Gasteiger partial charge in [0.1, 0.15) is 23.8 Å². The second kappa shape index (κ2) is 18.0. The summed E-state index contributed by atoms with van der Waals surface area (Å²) in [6.07, 6.45) is 5.80. The number of hydrogen-bond donors (Lipinski definition) is 2. The molecule has 0 aliphatic rings. The first-order valence-electron chi connectivity index (χ1n) is 15.9. The van der Waals surface area contributed by atoms with Crippen molar-refractivity contribution < 1.29 is 33.7 Å². The Balaban J connectivity index is 1.29. The van der Waals surface area contributed by atoms with E-state index in [-0.39, 0.29) is 6.54 Å². The average Bonchev–Trinajstić information content (AvgIpc) is 3.09. The molecule has 9 heteroatoms. The number of carbonyl (C=O) groups excluding carboxylic acids is 2. The summed E-state index contributed by atoms with van der Waals surface area (Å²) in [5, 5.41) is 12.8. The molecule has 0 atom stereocenters. The number of ether oxygens (including phenoxy) is 3. The van der Waals surface area contributed by atoms with Gasteiger partial charge in [0, 0.05) is 24.3 Å². The van der Waals surface area contributed by atoms with Crippen LogP contribution in [-0.2, 0) is 17.9 Å². The van der Waals surface area contributed by atoms with Gasteiger partial charge in [0.2, 0.25) is 0 Å². The standard InChI is InChI=1S/C38H42N2O7/c1-3-4-5-6-7-24-46-34-22-14-31(15-23-34)38(44)47-35-20-10-29(11-21-35)26-40(27-36(41)42)37(43)30-12-16-32(17-13-30)39-25-28-8-18-33(45-2)19-9-28/h8-23,39H,3-7,24-27H2,1-2H3,(H,41,42). The van der Waals surface area contributed by atoms with Crippen LogP contribution in [0.15, 0.2) is 97.1 Å². The van der Waals surface area contributed by atoms with E-state index >= 15 is 0 Å². The summed E-state index contributed by atoms with van der Waals surface area (Å²) in [7, 11) is 1.62. The Kier molecular flexibility index (Phi) is 13.2. The molecular weight excluding hydrogens is 596 g/mol. The van der Waals surface area contributed by atoms with Crippen molar-refractivity contribution in [3.8, 4) is 17.2 Å². The minimum absolute atomic E-state index is 0.0664. The molecule has 0 unspecified atom stereocenters. The average molecular weight is 639 g/mol. The van der Waals surface area contributed by atoms with Crippen molar-refractivity contribution in [3.63, 3.8) is 0 Å². The van der Waals surface area contributed by atoms with Gasteiger partial charge in [0.25, 0.3) is 5.91 Å². The lowest BCUT2D eigenvalue weighted by atomic mass is 10.1. The van der Waals surface area contributed by atoms with E-state index in [1.165, 1.54) is 24.2 Å². The Hall–Kier alpha value is -5.31. The van der Waals surface area contributed by atoms with E-state index in [0.29, 0.717) is 41.3 Å². The van der Waals surface area contributed by atoms with Gasteiger partial charge < -0.3 is 29.5 Å². The van der Waals surface area contributed by atoms with Crippen LogP contribution < -0.4 is 19.5 Å². The van der Waals surface area contributed by atoms with E-state index in [4.69, 9.17) is 14.2 Å². The highest BCUT2D eigenvalue weighted by Crippen LogP contribution is 2.20. The van der Waals surface area contributed by atoms with E-state index < -0.39 is 24.4 Å². The van der Waals surface area contributed by atoms with Crippen molar-refractivity contribution in [1.82, 2.24) is 4.90 Å². The SMILES string of the molecule is CCCCCCCOc1ccc(C(=O)Oc2ccc(CN(CC(=O)O)C(=O)c3ccc(NCc4ccc(OC)cc4)cc3)cc2)cc1. The number of carboxylic acids is 1. The predicted molar refractivity (Wildman–Crippen MR) is 181 cm³/mol. The fraction of sp³-hybridized carbons (Fsp3) is 0.289. The first-order chi connectivity index (χ1) is 22.8. The molecule has 0 aliphatic carbocycles. The van der Waals surface area contributed by atoms with Crippen LogP contribution in [0.3, 0.4) is 0 Å². The van der Waals surface area contributed by atoms with E-state index in [2.05, 4.69) is 12.2 Å². The number of amides is 1. The summed E-state index contributed by atoms with van der Waals surface area (Å²) in [5.41, 5.74) is 3.35. The number of unbranched alkanes of at least 4 members (excludes halogenated alkanes) is 4. The van der Waals surface area contributed by atoms with Gasteiger partial charge in [0.15, 0.2) is 0 Å². The summed E-state index contributed by atoms with van der Waals surface area (Å²) in [6.45, 7) is 3.02. The van der Waals surface area contributed by atoms with Crippen molar-refractivity contribution >= 4 is 23.5 Å². The van der Waals surface area contributed by atoms with Crippen LogP contribution in [-0.4, -0.2) is 48.1 Å². The number of benzene rings is 4. The first-order valence-corrected chi connectivity index (χ1v) is 15.9. The molecule has 0 saturated carbocycles. The second-order valence-corrected chi connectivity index (χ2v) is 11.2. The van der Waals surface area contributed by atoms with Crippen molar-refractivity contribution in [1.29, 1.82) is 0 Å². The highest BCUT2D eigenvalue weighted by Gasteiger charge is 2.19. The first kappa shape index (κ1) is 34.6. The Bertz CT molecular complexity index is 1570. The number of carbonyl (C=O) groups is 3. The molecular formula is C38H42N2O7. The van der Waals surface area contributed by atoms with Gasteiger partial charge in [0.05, 0.1) is 19.3 Å². The molecule has 0 aliphatic heterocycles. The smallest absolute Gasteiger partial charge is 0.343 e. The molecule has 4 rings (SSSR count). The largest absolute Gasteiger partial charge is 0.497 e. The van der Waals surface area contributed by atoms with Crippen LogP contribution in [0.1, 0.15) is 70.9 Å². The maximum atomic E-state index is 13.3. The number of aliphatic carboxylic acids is 1. The van der Waals surface area contributed by atoms with Gasteiger partial charge in [-0.3, -0.25) is 9.59 Å². The van der Waals surface area contributed by atoms with Gasteiger partial charge in [-0.1, -0.05) is 56.9 Å². The lowest BCUT2D eigenvalue weighted by Gasteiger charge is -2.21. The molecule has 0 bridgehead atoms. The normalized spacial score (nSPS) is 10.6. The quantitative estimate of drug-likeness (QED) is 0.0651. The summed E-state index contributed by atoms with van der Waals surface area (Å²) >= 11 is 0. The number of methoxy groups -OCH3 is 1. The molecule has 4 aromatic carbocycles. The van der Waals surface area contributed by atoms with E-state index in [0.717, 1.165) is 29.8 Å². The van der Waals surface area contributed by atoms with Crippen molar-refractivity contribution in [3.05, 3.63) is 119 Å². The number of anilines is 1. The molecule has 246 valence electrons. The molecule has 0 fully saturated rings. The summed E-state index contributed by atoms with van der Waals surface area (Å²) in [6, 6.07) is 28.1. The zero-order valence-electron chi connectivity index (χ0n) is 26.9. The van der Waals surface area contributed by atoms with Gasteiger partial charge in [-0.25, -0.2) is 4.79 Å². The molecule has 0 spiro atoms. The Morgan fingerprint density at radius 2 is 1.30 bits per heavy atom. The molecule has 47 heavy (non-hydrogen) atoms. The third kappa shape index (κ3) is 11.2. The highest BCUT2D eigenvalue weighted by atomic mass is 16.5. The number of hydrogen-bond acceptors (Lipinski definition) is 7. The predicted octanol–water partition coefficient (Wildman–Crippen LogP) is 7.60. The van der Waals surface area contributed by atoms with Crippen LogP contribution in [0, 0.1) is 0 Å². The fourth-order valence-corrected chi connectivity index (χ4v) is 4.86. The molecule has 0 saturated heterocycles. The minimum Gasteiger partial charge on any atom is -0.497 e. The topological polar surface area (TPSA) is 114 Å². The molecule has 0 aromatic heterocycles. The van der Waals surface area contributed by atoms with Crippen molar-refractivity contribution in [2.24, 2.45) is 0 Å². The van der Waals surface area contributed by atoms with Gasteiger partial charge in [-0.05, 0) is 90.3 Å². The van der Waals surface area contributed by atoms with Crippen molar-refractivity contribution in [2.45, 2.75) is 52.1 Å². The fourth-order valence-electron chi connectivity index (χ4n) is 4.86. The lowest BCUT2D eigenvalue weighted by Crippen LogP contribution is -2.35. The van der Waals surface area contributed by atoms with Gasteiger partial charge in [-0.2, -0.15) is 0 Å². The van der Waals surface area contributed by atoms with Crippen LogP contribution in [0.2, 0.25) is 0 Å². The third-order valence-corrected chi connectivity index (χ3v) is 7.51. The third-order valence-electron chi connectivity index (χ3n) is 7.51.